The minimum Gasteiger partial charge on any atom is -0.345 e. The third-order valence-electron chi connectivity index (χ3n) is 4.84. The Hall–Kier alpha value is -1.92. The Morgan fingerprint density at radius 1 is 1.27 bits per heavy atom. The maximum atomic E-state index is 12.2. The van der Waals surface area contributed by atoms with Gasteiger partial charge in [0.15, 0.2) is 0 Å². The van der Waals surface area contributed by atoms with Crippen molar-refractivity contribution in [1.29, 1.82) is 0 Å². The van der Waals surface area contributed by atoms with Crippen LogP contribution in [0.25, 0.3) is 11.4 Å². The van der Waals surface area contributed by atoms with E-state index in [-0.39, 0.29) is 24.4 Å². The van der Waals surface area contributed by atoms with Crippen molar-refractivity contribution in [1.82, 2.24) is 15.5 Å². The molecule has 1 aliphatic rings. The van der Waals surface area contributed by atoms with Crippen LogP contribution in [0.1, 0.15) is 62.9 Å². The Kier molecular flexibility index (Phi) is 7.60. The Labute approximate surface area is 160 Å². The van der Waals surface area contributed by atoms with Gasteiger partial charge >= 0.3 is 0 Å². The smallest absolute Gasteiger partial charge is 0.249 e. The molecule has 1 unspecified atom stereocenters. The zero-order valence-corrected chi connectivity index (χ0v) is 15.9. The van der Waals surface area contributed by atoms with Crippen LogP contribution < -0.4 is 11.1 Å². The lowest BCUT2D eigenvalue weighted by molar-refractivity contribution is -0.123. The van der Waals surface area contributed by atoms with E-state index in [1.165, 1.54) is 19.3 Å². The maximum absolute atomic E-state index is 12.2. The largest absolute Gasteiger partial charge is 0.345 e. The van der Waals surface area contributed by atoms with Gasteiger partial charge in [0.05, 0.1) is 0 Å². The fourth-order valence-electron chi connectivity index (χ4n) is 3.33. The summed E-state index contributed by atoms with van der Waals surface area (Å²) in [6.07, 6.45) is 6.68. The molecule has 3 N–H and O–H groups in total. The van der Waals surface area contributed by atoms with E-state index in [2.05, 4.69) is 15.5 Å². The van der Waals surface area contributed by atoms with Gasteiger partial charge in [0.25, 0.3) is 0 Å². The zero-order valence-electron chi connectivity index (χ0n) is 15.1. The van der Waals surface area contributed by atoms with E-state index in [4.69, 9.17) is 10.3 Å². The molecule has 0 saturated heterocycles. The highest BCUT2D eigenvalue weighted by Crippen LogP contribution is 2.26. The Balaban J connectivity index is 0.00000243. The molecule has 1 amide bonds. The van der Waals surface area contributed by atoms with E-state index >= 15 is 0 Å². The van der Waals surface area contributed by atoms with Crippen molar-refractivity contribution < 1.29 is 9.32 Å². The van der Waals surface area contributed by atoms with Gasteiger partial charge in [-0.25, -0.2) is 0 Å². The van der Waals surface area contributed by atoms with E-state index in [0.29, 0.717) is 30.6 Å². The van der Waals surface area contributed by atoms with Crippen molar-refractivity contribution >= 4 is 18.3 Å². The highest BCUT2D eigenvalue weighted by atomic mass is 35.5. The molecule has 1 aromatic carbocycles. The van der Waals surface area contributed by atoms with Crippen molar-refractivity contribution in [2.24, 2.45) is 11.7 Å². The van der Waals surface area contributed by atoms with Gasteiger partial charge in [-0.15, -0.1) is 12.4 Å². The molecule has 1 heterocycles. The van der Waals surface area contributed by atoms with Gasteiger partial charge in [-0.1, -0.05) is 48.7 Å². The number of nitrogens with zero attached hydrogens (tertiary/aromatic N) is 2. The molecule has 3 rings (SSSR count). The second-order valence-corrected chi connectivity index (χ2v) is 6.85. The number of nitrogens with one attached hydrogen (secondary N) is 1. The highest BCUT2D eigenvalue weighted by molar-refractivity contribution is 5.85. The van der Waals surface area contributed by atoms with E-state index in [0.717, 1.165) is 24.0 Å². The maximum Gasteiger partial charge on any atom is 0.249 e. The lowest BCUT2D eigenvalue weighted by Crippen LogP contribution is -2.29. The molecule has 0 aliphatic heterocycles. The van der Waals surface area contributed by atoms with Crippen molar-refractivity contribution in [3.05, 3.63) is 35.7 Å². The molecule has 0 radical (unpaired) electrons. The fourth-order valence-corrected chi connectivity index (χ4v) is 3.33. The minimum atomic E-state index is -0.291. The third kappa shape index (κ3) is 5.29. The van der Waals surface area contributed by atoms with Crippen LogP contribution in [0.15, 0.2) is 28.8 Å². The minimum absolute atomic E-state index is 0. The van der Waals surface area contributed by atoms with Crippen LogP contribution >= 0.6 is 12.4 Å². The summed E-state index contributed by atoms with van der Waals surface area (Å²) in [6, 6.07) is 7.44. The van der Waals surface area contributed by atoms with Crippen LogP contribution in [-0.2, 0) is 11.3 Å². The van der Waals surface area contributed by atoms with Crippen molar-refractivity contribution in [2.45, 2.75) is 58.0 Å². The number of aromatic nitrogens is 2. The molecule has 1 aliphatic carbocycles. The van der Waals surface area contributed by atoms with Gasteiger partial charge in [-0.2, -0.15) is 4.98 Å². The first-order chi connectivity index (χ1) is 12.2. The Morgan fingerprint density at radius 3 is 2.62 bits per heavy atom. The van der Waals surface area contributed by atoms with E-state index < -0.39 is 0 Å². The molecule has 0 spiro atoms. The normalized spacial score (nSPS) is 15.9. The summed E-state index contributed by atoms with van der Waals surface area (Å²) in [5.41, 5.74) is 7.53. The number of carbonyl (C=O) groups is 1. The quantitative estimate of drug-likeness (QED) is 0.797. The number of amides is 1. The summed E-state index contributed by atoms with van der Waals surface area (Å²) in [4.78, 5) is 16.6. The average Bonchev–Trinajstić information content (AvgIpc) is 3.13. The second-order valence-electron chi connectivity index (χ2n) is 6.85. The first-order valence-electron chi connectivity index (χ1n) is 9.08. The molecular formula is C19H27ClN4O2. The molecule has 1 fully saturated rings. The predicted octanol–water partition coefficient (Wildman–Crippen LogP) is 3.76. The molecule has 1 aromatic heterocycles. The van der Waals surface area contributed by atoms with Crippen molar-refractivity contribution in [3.8, 4) is 11.4 Å². The molecule has 26 heavy (non-hydrogen) atoms. The first kappa shape index (κ1) is 20.4. The predicted molar refractivity (Wildman–Crippen MR) is 103 cm³/mol. The first-order valence-corrected chi connectivity index (χ1v) is 9.08. The molecule has 2 aromatic rings. The zero-order chi connectivity index (χ0) is 17.6. The molecule has 142 valence electrons. The summed E-state index contributed by atoms with van der Waals surface area (Å²) < 4.78 is 5.33. The van der Waals surface area contributed by atoms with Crippen LogP contribution in [0.3, 0.4) is 0 Å². The summed E-state index contributed by atoms with van der Waals surface area (Å²) in [6.45, 7) is 2.37. The van der Waals surface area contributed by atoms with Gasteiger partial charge in [-0.3, -0.25) is 4.79 Å². The lowest BCUT2D eigenvalue weighted by Gasteiger charge is -2.21. The number of nitrogens with two attached hydrogens (primary N) is 1. The van der Waals surface area contributed by atoms with Crippen LogP contribution in [0.4, 0.5) is 0 Å². The van der Waals surface area contributed by atoms with Gasteiger partial charge in [0, 0.05) is 18.5 Å². The fraction of sp³-hybridized carbons (Fsp3) is 0.526. The summed E-state index contributed by atoms with van der Waals surface area (Å²) in [7, 11) is 0. The second kappa shape index (κ2) is 9.69. The third-order valence-corrected chi connectivity index (χ3v) is 4.84. The summed E-state index contributed by atoms with van der Waals surface area (Å²) in [5.74, 6) is 1.52. The Bertz CT molecular complexity index is 696. The molecule has 1 atom stereocenters. The standard InChI is InChI=1S/C19H26N4O2.ClH/c1-13(21-17(24)11-14-5-3-2-4-6-14)19-22-18(23-25-19)16-9-7-15(12-20)8-10-16;/h7-10,13-14H,2-6,11-12,20H2,1H3,(H,21,24);1H. The van der Waals surface area contributed by atoms with Gasteiger partial charge in [0.1, 0.15) is 6.04 Å². The van der Waals surface area contributed by atoms with E-state index in [1.807, 2.05) is 31.2 Å². The Morgan fingerprint density at radius 2 is 1.96 bits per heavy atom. The number of carbonyl (C=O) groups excluding carboxylic acids is 1. The van der Waals surface area contributed by atoms with E-state index in [9.17, 15) is 4.79 Å². The van der Waals surface area contributed by atoms with Crippen LogP contribution in [0.2, 0.25) is 0 Å². The summed E-state index contributed by atoms with van der Waals surface area (Å²) in [5, 5.41) is 6.99. The number of halogens is 1. The van der Waals surface area contributed by atoms with Gasteiger partial charge in [-0.05, 0) is 31.2 Å². The molecule has 1 saturated carbocycles. The SMILES string of the molecule is CC(NC(=O)CC1CCCCC1)c1nc(-c2ccc(CN)cc2)no1.Cl. The van der Waals surface area contributed by atoms with Gasteiger partial charge < -0.3 is 15.6 Å². The van der Waals surface area contributed by atoms with Crippen LogP contribution in [-0.4, -0.2) is 16.0 Å². The average molecular weight is 379 g/mol. The molecule has 7 heteroatoms. The number of hydrogen-bond acceptors (Lipinski definition) is 5. The highest BCUT2D eigenvalue weighted by Gasteiger charge is 2.21. The number of rotatable bonds is 6. The lowest BCUT2D eigenvalue weighted by atomic mass is 9.87. The topological polar surface area (TPSA) is 94.0 Å². The number of hydrogen-bond donors (Lipinski definition) is 2. The van der Waals surface area contributed by atoms with Crippen LogP contribution in [0, 0.1) is 5.92 Å². The molecular weight excluding hydrogens is 352 g/mol. The van der Waals surface area contributed by atoms with Crippen LogP contribution in [0.5, 0.6) is 0 Å². The monoisotopic (exact) mass is 378 g/mol. The van der Waals surface area contributed by atoms with E-state index in [1.54, 1.807) is 0 Å². The molecule has 6 nitrogen and oxygen atoms in total. The van der Waals surface area contributed by atoms with Crippen molar-refractivity contribution in [2.75, 3.05) is 0 Å². The molecule has 0 bridgehead atoms. The summed E-state index contributed by atoms with van der Waals surface area (Å²) >= 11 is 0. The van der Waals surface area contributed by atoms with Gasteiger partial charge in [0.2, 0.25) is 17.6 Å². The van der Waals surface area contributed by atoms with Crippen molar-refractivity contribution in [3.63, 3.8) is 0 Å². The number of benzene rings is 1.